The van der Waals surface area contributed by atoms with Crippen LogP contribution in [0.2, 0.25) is 5.02 Å². The number of ether oxygens (including phenoxy) is 2. The lowest BCUT2D eigenvalue weighted by Gasteiger charge is -2.20. The Morgan fingerprint density at radius 3 is 2.60 bits per heavy atom. The first-order chi connectivity index (χ1) is 17.0. The second-order valence-corrected chi connectivity index (χ2v) is 9.34. The molecule has 7 heteroatoms. The van der Waals surface area contributed by atoms with Gasteiger partial charge in [0, 0.05) is 23.9 Å². The average Bonchev–Trinajstić information content (AvgIpc) is 3.41. The van der Waals surface area contributed by atoms with Crippen LogP contribution in [0.4, 0.5) is 5.69 Å². The summed E-state index contributed by atoms with van der Waals surface area (Å²) in [5, 5.41) is 0.563. The van der Waals surface area contributed by atoms with E-state index in [9.17, 15) is 4.79 Å². The number of carbonyl (C=O) groups is 1. The van der Waals surface area contributed by atoms with Crippen LogP contribution in [0, 0.1) is 13.8 Å². The first-order valence-electron chi connectivity index (χ1n) is 11.7. The van der Waals surface area contributed by atoms with Crippen LogP contribution in [0.5, 0.6) is 11.5 Å². The lowest BCUT2D eigenvalue weighted by atomic mass is 10.1. The fraction of sp³-hybridized carbons (Fsp3) is 0.286. The molecule has 0 saturated carbocycles. The Morgan fingerprint density at radius 2 is 1.83 bits per heavy atom. The minimum absolute atomic E-state index is 0.0287. The Morgan fingerprint density at radius 1 is 1.06 bits per heavy atom. The van der Waals surface area contributed by atoms with Crippen molar-refractivity contribution in [3.63, 3.8) is 0 Å². The van der Waals surface area contributed by atoms with E-state index in [1.165, 1.54) is 0 Å². The minimum atomic E-state index is -0.0567. The van der Waals surface area contributed by atoms with Gasteiger partial charge in [-0.15, -0.1) is 0 Å². The summed E-state index contributed by atoms with van der Waals surface area (Å²) in [6, 6.07) is 19.6. The maximum Gasteiger partial charge on any atom is 0.227 e. The molecule has 0 unspecified atom stereocenters. The fourth-order valence-corrected chi connectivity index (χ4v) is 5.06. The van der Waals surface area contributed by atoms with Crippen LogP contribution in [0.1, 0.15) is 29.3 Å². The van der Waals surface area contributed by atoms with Crippen LogP contribution >= 0.6 is 11.6 Å². The van der Waals surface area contributed by atoms with Crippen LogP contribution in [0.15, 0.2) is 60.7 Å². The molecule has 1 aliphatic heterocycles. The van der Waals surface area contributed by atoms with Gasteiger partial charge in [0.2, 0.25) is 5.91 Å². The smallest absolute Gasteiger partial charge is 0.227 e. The zero-order chi connectivity index (χ0) is 24.5. The quantitative estimate of drug-likeness (QED) is 0.323. The molecule has 0 radical (unpaired) electrons. The molecule has 0 spiro atoms. The van der Waals surface area contributed by atoms with Gasteiger partial charge in [-0.05, 0) is 55.3 Å². The summed E-state index contributed by atoms with van der Waals surface area (Å²) in [6.07, 6.45) is 0.372. The number of nitrogens with zero attached hydrogens (tertiary/aromatic N) is 3. The number of benzene rings is 3. The minimum Gasteiger partial charge on any atom is -0.495 e. The van der Waals surface area contributed by atoms with E-state index in [1.54, 1.807) is 30.2 Å². The fourth-order valence-electron chi connectivity index (χ4n) is 4.89. The standard InChI is InChI=1S/C28H28ClN3O3/c1-18-7-6-8-19(2)27(18)35-14-13-31-23-10-5-4-9-22(23)30-28(31)20-15-26(33)32(17-20)24-16-21(29)11-12-25(24)34-3/h4-12,16,20H,13-15,17H2,1-3H3/t20-/m1/s1. The van der Waals surface area contributed by atoms with Crippen LogP contribution in [0.25, 0.3) is 11.0 Å². The summed E-state index contributed by atoms with van der Waals surface area (Å²) in [7, 11) is 1.60. The van der Waals surface area contributed by atoms with Crippen molar-refractivity contribution in [1.29, 1.82) is 0 Å². The molecule has 1 saturated heterocycles. The summed E-state index contributed by atoms with van der Waals surface area (Å²) < 4.78 is 13.9. The number of halogens is 1. The normalized spacial score (nSPS) is 15.7. The molecule has 2 heterocycles. The maximum absolute atomic E-state index is 13.1. The van der Waals surface area contributed by atoms with Crippen LogP contribution < -0.4 is 14.4 Å². The summed E-state index contributed by atoms with van der Waals surface area (Å²) in [5.41, 5.74) is 4.88. The molecule has 1 atom stereocenters. The van der Waals surface area contributed by atoms with E-state index in [4.69, 9.17) is 26.1 Å². The number of imidazole rings is 1. The van der Waals surface area contributed by atoms with Crippen molar-refractivity contribution >= 4 is 34.2 Å². The third-order valence-corrected chi connectivity index (χ3v) is 6.81. The van der Waals surface area contributed by atoms with Crippen molar-refractivity contribution in [2.24, 2.45) is 0 Å². The third kappa shape index (κ3) is 4.46. The molecule has 4 aromatic rings. The number of amides is 1. The van der Waals surface area contributed by atoms with E-state index in [0.29, 0.717) is 42.6 Å². The first-order valence-corrected chi connectivity index (χ1v) is 12.1. The Kier molecular flexibility index (Phi) is 6.39. The lowest BCUT2D eigenvalue weighted by molar-refractivity contribution is -0.117. The predicted octanol–water partition coefficient (Wildman–Crippen LogP) is 5.91. The Hall–Kier alpha value is -3.51. The zero-order valence-corrected chi connectivity index (χ0v) is 20.9. The molecule has 5 rings (SSSR count). The van der Waals surface area contributed by atoms with E-state index < -0.39 is 0 Å². The van der Waals surface area contributed by atoms with Crippen molar-refractivity contribution in [3.8, 4) is 11.5 Å². The average molecular weight is 490 g/mol. The number of hydrogen-bond donors (Lipinski definition) is 0. The highest BCUT2D eigenvalue weighted by atomic mass is 35.5. The molecule has 180 valence electrons. The van der Waals surface area contributed by atoms with Crippen LogP contribution in [0.3, 0.4) is 0 Å². The van der Waals surface area contributed by atoms with E-state index >= 15 is 0 Å². The van der Waals surface area contributed by atoms with E-state index in [0.717, 1.165) is 33.7 Å². The molecule has 1 amide bonds. The zero-order valence-electron chi connectivity index (χ0n) is 20.1. The topological polar surface area (TPSA) is 56.6 Å². The monoisotopic (exact) mass is 489 g/mol. The number of methoxy groups -OCH3 is 1. The SMILES string of the molecule is COc1ccc(Cl)cc1N1C[C@H](c2nc3ccccc3n2CCOc2c(C)cccc2C)CC1=O. The van der Waals surface area contributed by atoms with E-state index in [2.05, 4.69) is 36.6 Å². The Balaban J connectivity index is 1.43. The summed E-state index contributed by atoms with van der Waals surface area (Å²) in [4.78, 5) is 19.8. The highest BCUT2D eigenvalue weighted by Crippen LogP contribution is 2.38. The number of rotatable bonds is 7. The van der Waals surface area contributed by atoms with Gasteiger partial charge < -0.3 is 18.9 Å². The highest BCUT2D eigenvalue weighted by molar-refractivity contribution is 6.31. The van der Waals surface area contributed by atoms with Crippen molar-refractivity contribution in [2.75, 3.05) is 25.2 Å². The van der Waals surface area contributed by atoms with Crippen LogP contribution in [-0.2, 0) is 11.3 Å². The van der Waals surface area contributed by atoms with Crippen molar-refractivity contribution in [3.05, 3.63) is 82.6 Å². The van der Waals surface area contributed by atoms with Gasteiger partial charge in [-0.2, -0.15) is 0 Å². The summed E-state index contributed by atoms with van der Waals surface area (Å²) in [6.45, 7) is 5.77. The molecule has 0 aliphatic carbocycles. The Labute approximate surface area is 210 Å². The van der Waals surface area contributed by atoms with Gasteiger partial charge in [0.05, 0.1) is 30.4 Å². The number of carbonyl (C=O) groups excluding carboxylic acids is 1. The maximum atomic E-state index is 13.1. The van der Waals surface area contributed by atoms with Gasteiger partial charge in [0.25, 0.3) is 0 Å². The highest BCUT2D eigenvalue weighted by Gasteiger charge is 2.36. The van der Waals surface area contributed by atoms with Crippen LogP contribution in [-0.4, -0.2) is 35.7 Å². The Bertz CT molecular complexity index is 1380. The van der Waals surface area contributed by atoms with E-state index in [1.807, 2.05) is 24.3 Å². The van der Waals surface area contributed by atoms with Gasteiger partial charge in [0.1, 0.15) is 23.9 Å². The van der Waals surface area contributed by atoms with Crippen molar-refractivity contribution in [1.82, 2.24) is 9.55 Å². The van der Waals surface area contributed by atoms with Crippen molar-refractivity contribution in [2.45, 2.75) is 32.7 Å². The van der Waals surface area contributed by atoms with E-state index in [-0.39, 0.29) is 11.8 Å². The molecular formula is C28H28ClN3O3. The van der Waals surface area contributed by atoms with Gasteiger partial charge >= 0.3 is 0 Å². The molecule has 3 aromatic carbocycles. The molecular weight excluding hydrogens is 462 g/mol. The number of para-hydroxylation sites is 3. The third-order valence-electron chi connectivity index (χ3n) is 6.58. The predicted molar refractivity (Wildman–Crippen MR) is 139 cm³/mol. The molecule has 0 bridgehead atoms. The van der Waals surface area contributed by atoms with Crippen molar-refractivity contribution < 1.29 is 14.3 Å². The number of fused-ring (bicyclic) bond motifs is 1. The summed E-state index contributed by atoms with van der Waals surface area (Å²) >= 11 is 6.24. The van der Waals surface area contributed by atoms with Gasteiger partial charge in [-0.1, -0.05) is 41.9 Å². The first kappa shape index (κ1) is 23.2. The largest absolute Gasteiger partial charge is 0.495 e. The molecule has 6 nitrogen and oxygen atoms in total. The number of hydrogen-bond acceptors (Lipinski definition) is 4. The molecule has 35 heavy (non-hydrogen) atoms. The molecule has 1 fully saturated rings. The molecule has 1 aromatic heterocycles. The number of anilines is 1. The molecule has 1 aliphatic rings. The summed E-state index contributed by atoms with van der Waals surface area (Å²) in [5.74, 6) is 2.42. The second-order valence-electron chi connectivity index (χ2n) is 8.90. The number of aromatic nitrogens is 2. The van der Waals surface area contributed by atoms with Gasteiger partial charge in [-0.25, -0.2) is 4.98 Å². The van der Waals surface area contributed by atoms with Gasteiger partial charge in [0.15, 0.2) is 0 Å². The molecule has 0 N–H and O–H groups in total. The lowest BCUT2D eigenvalue weighted by Crippen LogP contribution is -2.25. The number of aryl methyl sites for hydroxylation is 2. The second kappa shape index (κ2) is 9.62. The van der Waals surface area contributed by atoms with Gasteiger partial charge in [-0.3, -0.25) is 4.79 Å².